The molecule has 0 radical (unpaired) electrons. The summed E-state index contributed by atoms with van der Waals surface area (Å²) in [6, 6.07) is 0. The zero-order valence-corrected chi connectivity index (χ0v) is 6.27. The summed E-state index contributed by atoms with van der Waals surface area (Å²) in [5, 5.41) is 0. The van der Waals surface area contributed by atoms with Crippen molar-refractivity contribution in [3.63, 3.8) is 0 Å². The minimum Gasteiger partial charge on any atom is -0.210 e. The van der Waals surface area contributed by atoms with Crippen LogP contribution >= 0.6 is 20.3 Å². The summed E-state index contributed by atoms with van der Waals surface area (Å²) in [6.45, 7) is 0. The topological polar surface area (TPSA) is 0 Å². The normalized spacial score (nSPS) is 6.75. The van der Waals surface area contributed by atoms with E-state index in [2.05, 4.69) is 31.8 Å². The predicted molar refractivity (Wildman–Crippen MR) is 31.5 cm³/mol. The van der Waals surface area contributed by atoms with Crippen molar-refractivity contribution in [1.82, 2.24) is 0 Å². The Morgan fingerprint density at radius 3 is 1.50 bits per heavy atom. The molecule has 0 saturated heterocycles. The first-order valence-electron chi connectivity index (χ1n) is 1.37. The lowest BCUT2D eigenvalue weighted by Crippen LogP contribution is -1.77. The second-order valence-electron chi connectivity index (χ2n) is 1.01. The van der Waals surface area contributed by atoms with Crippen LogP contribution in [0.4, 0.5) is 0 Å². The number of halogens is 1. The van der Waals surface area contributed by atoms with Crippen LogP contribution in [0.3, 0.4) is 0 Å². The first-order chi connectivity index (χ1) is 1.73. The van der Waals surface area contributed by atoms with Gasteiger partial charge >= 0.3 is 10.9 Å². The van der Waals surface area contributed by atoms with Crippen LogP contribution < -0.4 is 0 Å². The molecule has 0 spiro atoms. The molecule has 24 valence electrons. The molecular formula is C2H6AlI. The van der Waals surface area contributed by atoms with E-state index in [1.54, 1.807) is 0 Å². The van der Waals surface area contributed by atoms with E-state index < -0.39 is 0 Å². The highest BCUT2D eigenvalue weighted by molar-refractivity contribution is 14.1. The van der Waals surface area contributed by atoms with Crippen molar-refractivity contribution in [3.8, 4) is 0 Å². The Balaban J connectivity index is 2.32. The highest BCUT2D eigenvalue weighted by atomic mass is 127. The maximum atomic E-state index is 2.48. The van der Waals surface area contributed by atoms with Crippen molar-refractivity contribution in [2.45, 2.75) is 11.6 Å². The van der Waals surface area contributed by atoms with E-state index in [4.69, 9.17) is 0 Å². The highest BCUT2D eigenvalue weighted by Crippen LogP contribution is 1.86. The molecule has 0 aliphatic carbocycles. The lowest BCUT2D eigenvalue weighted by molar-refractivity contribution is 2.13. The summed E-state index contributed by atoms with van der Waals surface area (Å²) in [5.74, 6) is 4.58. The van der Waals surface area contributed by atoms with Crippen molar-refractivity contribution in [2.75, 3.05) is 0 Å². The highest BCUT2D eigenvalue weighted by Gasteiger charge is 1.86. The SMILES string of the molecule is [CH3][Al]([CH3])[I]. The van der Waals surface area contributed by atoms with Gasteiger partial charge in [-0.15, -0.1) is 0 Å². The van der Waals surface area contributed by atoms with Gasteiger partial charge in [-0.05, 0) is 0 Å². The Morgan fingerprint density at radius 2 is 1.50 bits per heavy atom. The zero-order valence-electron chi connectivity index (χ0n) is 2.96. The minimum atomic E-state index is -0.169. The zero-order chi connectivity index (χ0) is 3.58. The monoisotopic (exact) mass is 184 g/mol. The Kier molecular flexibility index (Phi) is 3.29. The maximum Gasteiger partial charge on any atom is 0.353 e. The van der Waals surface area contributed by atoms with Gasteiger partial charge in [-0.2, -0.15) is 0 Å². The van der Waals surface area contributed by atoms with Gasteiger partial charge in [0.15, 0.2) is 0 Å². The lowest BCUT2D eigenvalue weighted by Gasteiger charge is -1.64. The molecule has 0 unspecified atom stereocenters. The van der Waals surface area contributed by atoms with Gasteiger partial charge in [0.25, 0.3) is 0 Å². The van der Waals surface area contributed by atoms with Crippen LogP contribution in [0.2, 0.25) is 11.6 Å². The summed E-state index contributed by atoms with van der Waals surface area (Å²) in [6.07, 6.45) is 0. The van der Waals surface area contributed by atoms with Crippen molar-refractivity contribution >= 4 is 31.1 Å². The molecule has 0 heterocycles. The second-order valence-corrected chi connectivity index (χ2v) is 10.5. The molecule has 0 fully saturated rings. The third-order valence-corrected chi connectivity index (χ3v) is 0. The van der Waals surface area contributed by atoms with E-state index in [9.17, 15) is 0 Å². The van der Waals surface area contributed by atoms with E-state index in [1.165, 1.54) is 0 Å². The lowest BCUT2D eigenvalue weighted by atomic mass is 11.9. The number of hydrogen-bond acceptors (Lipinski definition) is 0. The quantitative estimate of drug-likeness (QED) is 0.396. The van der Waals surface area contributed by atoms with Crippen LogP contribution in [0.5, 0.6) is 0 Å². The second kappa shape index (κ2) is 2.50. The molecule has 2 heteroatoms. The molecule has 4 heavy (non-hydrogen) atoms. The molecule has 0 aliphatic heterocycles. The standard InChI is InChI=1S/2CH3.Al.HI/h2*1H3;;1H/q;;+1;/p-1. The van der Waals surface area contributed by atoms with Gasteiger partial charge in [-0.3, -0.25) is 0 Å². The summed E-state index contributed by atoms with van der Waals surface area (Å²) in [4.78, 5) is 0. The van der Waals surface area contributed by atoms with Gasteiger partial charge in [0.1, 0.15) is 0 Å². The molecule has 0 amide bonds. The molecule has 0 aromatic rings. The third-order valence-electron chi connectivity index (χ3n) is 0. The summed E-state index contributed by atoms with van der Waals surface area (Å²) < 4.78 is 0. The van der Waals surface area contributed by atoms with Crippen LogP contribution in [0.1, 0.15) is 0 Å². The molecular weight excluding hydrogens is 178 g/mol. The van der Waals surface area contributed by atoms with Crippen molar-refractivity contribution < 1.29 is 0 Å². The fourth-order valence-electron chi connectivity index (χ4n) is 0. The van der Waals surface area contributed by atoms with Gasteiger partial charge in [0.05, 0.1) is 0 Å². The fraction of sp³-hybridized carbons (Fsp3) is 1.00. The molecule has 0 atom stereocenters. The molecule has 0 bridgehead atoms. The molecule has 0 saturated carbocycles. The Morgan fingerprint density at radius 1 is 1.50 bits per heavy atom. The Bertz CT molecular complexity index is 10.8. The minimum absolute atomic E-state index is 0.169. The van der Waals surface area contributed by atoms with E-state index in [0.29, 0.717) is 0 Å². The van der Waals surface area contributed by atoms with Crippen LogP contribution in [0, 0.1) is 0 Å². The van der Waals surface area contributed by atoms with Crippen LogP contribution in [-0.2, 0) is 0 Å². The van der Waals surface area contributed by atoms with Gasteiger partial charge in [0, 0.05) is 0 Å². The summed E-state index contributed by atoms with van der Waals surface area (Å²) >= 11 is 2.48. The largest absolute Gasteiger partial charge is 0.353 e. The Labute approximate surface area is 42.6 Å². The third kappa shape index (κ3) is 10.5. The van der Waals surface area contributed by atoms with Crippen molar-refractivity contribution in [1.29, 1.82) is 0 Å². The van der Waals surface area contributed by atoms with E-state index in [0.717, 1.165) is 0 Å². The molecule has 0 aromatic heterocycles. The van der Waals surface area contributed by atoms with Crippen molar-refractivity contribution in [3.05, 3.63) is 0 Å². The first-order valence-corrected chi connectivity index (χ1v) is 7.86. The van der Waals surface area contributed by atoms with E-state index in [1.807, 2.05) is 0 Å². The average Bonchev–Trinajstić information content (AvgIpc) is 0.811. The van der Waals surface area contributed by atoms with Crippen molar-refractivity contribution in [2.24, 2.45) is 0 Å². The van der Waals surface area contributed by atoms with Crippen LogP contribution in [0.25, 0.3) is 0 Å². The molecule has 0 rings (SSSR count). The van der Waals surface area contributed by atoms with E-state index >= 15 is 0 Å². The molecule has 0 aliphatic rings. The van der Waals surface area contributed by atoms with E-state index in [-0.39, 0.29) is 10.9 Å². The first kappa shape index (κ1) is 5.26. The average molecular weight is 184 g/mol. The summed E-state index contributed by atoms with van der Waals surface area (Å²) in [7, 11) is -0.169. The van der Waals surface area contributed by atoms with Gasteiger partial charge in [-0.1, -0.05) is 11.6 Å². The van der Waals surface area contributed by atoms with Crippen LogP contribution in [0.15, 0.2) is 0 Å². The molecule has 0 N–H and O–H groups in total. The van der Waals surface area contributed by atoms with Gasteiger partial charge < -0.3 is 0 Å². The molecule has 0 nitrogen and oxygen atoms in total. The molecule has 0 aromatic carbocycles. The van der Waals surface area contributed by atoms with Gasteiger partial charge in [0.2, 0.25) is 0 Å². The Hall–Kier alpha value is 1.26. The smallest absolute Gasteiger partial charge is 0.210 e. The van der Waals surface area contributed by atoms with Crippen LogP contribution in [-0.4, -0.2) is 10.9 Å². The fourth-order valence-corrected chi connectivity index (χ4v) is 0. The summed E-state index contributed by atoms with van der Waals surface area (Å²) in [5.41, 5.74) is 0. The predicted octanol–water partition coefficient (Wildman–Crippen LogP) is 1.67. The maximum absolute atomic E-state index is 2.48. The number of rotatable bonds is 0. The number of hydrogen-bond donors (Lipinski definition) is 0. The van der Waals surface area contributed by atoms with Gasteiger partial charge in [-0.25, -0.2) is 20.3 Å².